The van der Waals surface area contributed by atoms with E-state index in [0.29, 0.717) is 48.3 Å². The molecule has 10 unspecified atom stereocenters. The third-order valence-corrected chi connectivity index (χ3v) is 15.5. The number of hydrogen-bond acceptors (Lipinski definition) is 8. The van der Waals surface area contributed by atoms with Crippen molar-refractivity contribution in [2.24, 2.45) is 45.3 Å². The molecule has 0 bridgehead atoms. The minimum atomic E-state index is -1.16. The second kappa shape index (κ2) is 13.4. The van der Waals surface area contributed by atoms with E-state index in [0.717, 1.165) is 44.3 Å². The van der Waals surface area contributed by atoms with E-state index in [1.165, 1.54) is 45.4 Å². The van der Waals surface area contributed by atoms with Gasteiger partial charge in [-0.3, -0.25) is 9.59 Å². The zero-order chi connectivity index (χ0) is 36.6. The van der Waals surface area contributed by atoms with Crippen molar-refractivity contribution in [3.63, 3.8) is 0 Å². The number of rotatable bonds is 7. The third kappa shape index (κ3) is 6.00. The summed E-state index contributed by atoms with van der Waals surface area (Å²) in [4.78, 5) is 27.5. The van der Waals surface area contributed by atoms with Gasteiger partial charge in [0, 0.05) is 28.5 Å². The Kier molecular flexibility index (Phi) is 9.77. The highest BCUT2D eigenvalue weighted by atomic mass is 16.7. The molecule has 7 aliphatic rings. The number of amides is 1. The number of benzene rings is 1. The van der Waals surface area contributed by atoms with Crippen LogP contribution in [0.5, 0.6) is 0 Å². The first kappa shape index (κ1) is 37.3. The average molecular weight is 712 g/mol. The summed E-state index contributed by atoms with van der Waals surface area (Å²) < 4.78 is 25.3. The van der Waals surface area contributed by atoms with Crippen molar-refractivity contribution in [1.29, 1.82) is 0 Å². The smallest absolute Gasteiger partial charge is 0.303 e. The van der Waals surface area contributed by atoms with Gasteiger partial charge in [-0.1, -0.05) is 51.1 Å². The van der Waals surface area contributed by atoms with Gasteiger partial charge in [-0.05, 0) is 129 Å². The largest absolute Gasteiger partial charge is 0.457 e. The SMILES string of the molecule is CC(=O)O[C@@H](C1CCC2C(CC3C4CCC5C(C)(C)[C@@H](OC6OCCN(Cc7ccccc7)C6=O)CCC56CC46CCC23C)O1)C(C)(C)O.CO.[HH]. The van der Waals surface area contributed by atoms with Crippen LogP contribution in [0.3, 0.4) is 0 Å². The van der Waals surface area contributed by atoms with Crippen LogP contribution < -0.4 is 0 Å². The van der Waals surface area contributed by atoms with Crippen molar-refractivity contribution in [3.8, 4) is 0 Å². The first-order valence-electron chi connectivity index (χ1n) is 19.8. The van der Waals surface area contributed by atoms with Crippen LogP contribution >= 0.6 is 0 Å². The molecule has 1 aromatic rings. The average Bonchev–Trinajstić information content (AvgIpc) is 3.67. The standard InChI is InChI=1S/C41H59NO7.CH4O.H2/c1-25(43)47-34(38(4,5)45)30-14-12-28-31(48-30)22-29-27-13-15-32-37(2,3)33(16-17-41(32)24-40(27,41)19-18-39(28,29)6)49-36-35(44)42(20-21-46-36)23-26-10-8-7-9-11-26;1-2;/h7-11,27-34,36,45H,12-24H2,1-6H3;2H,1H3;1H/t27?,28?,29?,30?,31?,32?,33-,34-,36?,39?,40?,41?;;/m0../s1. The molecule has 2 aliphatic heterocycles. The van der Waals surface area contributed by atoms with E-state index in [1.54, 1.807) is 13.8 Å². The molecule has 12 atom stereocenters. The van der Waals surface area contributed by atoms with Crippen LogP contribution in [0.1, 0.15) is 113 Å². The molecule has 5 aliphatic carbocycles. The maximum absolute atomic E-state index is 13.6. The molecule has 2 N–H and O–H groups in total. The summed E-state index contributed by atoms with van der Waals surface area (Å²) in [5.41, 5.74) is 0.982. The number of ether oxygens (including phenoxy) is 4. The minimum Gasteiger partial charge on any atom is -0.457 e. The molecule has 1 amide bonds. The molecule has 0 radical (unpaired) electrons. The van der Waals surface area contributed by atoms with Crippen molar-refractivity contribution in [1.82, 2.24) is 4.90 Å². The van der Waals surface area contributed by atoms with Crippen LogP contribution in [0, 0.1) is 45.3 Å². The molecule has 8 rings (SSSR count). The Morgan fingerprint density at radius 2 is 1.73 bits per heavy atom. The zero-order valence-corrected chi connectivity index (χ0v) is 32.1. The third-order valence-electron chi connectivity index (χ3n) is 15.5. The number of fused-ring (bicyclic) bond motifs is 4. The summed E-state index contributed by atoms with van der Waals surface area (Å²) >= 11 is 0. The quantitative estimate of drug-likeness (QED) is 0.308. The van der Waals surface area contributed by atoms with Crippen LogP contribution in [-0.4, -0.2) is 83.6 Å². The number of aliphatic hydroxyl groups is 2. The normalized spacial score (nSPS) is 42.8. The zero-order valence-electron chi connectivity index (χ0n) is 32.1. The van der Waals surface area contributed by atoms with Gasteiger partial charge in [-0.15, -0.1) is 0 Å². The number of nitrogens with zero attached hydrogens (tertiary/aromatic N) is 1. The first-order valence-corrected chi connectivity index (χ1v) is 19.8. The van der Waals surface area contributed by atoms with Crippen LogP contribution in [-0.2, 0) is 35.1 Å². The van der Waals surface area contributed by atoms with E-state index < -0.39 is 18.0 Å². The molecule has 1 aromatic carbocycles. The molecule has 9 nitrogen and oxygen atoms in total. The topological polar surface area (TPSA) is 115 Å². The molecule has 0 aromatic heterocycles. The monoisotopic (exact) mass is 711 g/mol. The van der Waals surface area contributed by atoms with E-state index in [4.69, 9.17) is 24.1 Å². The Morgan fingerprint density at radius 3 is 2.43 bits per heavy atom. The maximum atomic E-state index is 13.6. The molecule has 2 heterocycles. The van der Waals surface area contributed by atoms with Gasteiger partial charge in [-0.25, -0.2) is 0 Å². The van der Waals surface area contributed by atoms with E-state index in [9.17, 15) is 14.7 Å². The van der Waals surface area contributed by atoms with Gasteiger partial charge in [0.1, 0.15) is 0 Å². The molecule has 51 heavy (non-hydrogen) atoms. The van der Waals surface area contributed by atoms with Gasteiger partial charge in [0.05, 0.1) is 30.5 Å². The first-order chi connectivity index (χ1) is 24.2. The molecule has 5 saturated carbocycles. The van der Waals surface area contributed by atoms with Crippen molar-refractivity contribution in [2.75, 3.05) is 20.3 Å². The molecular formula is C42H65NO8. The lowest BCUT2D eigenvalue weighted by molar-refractivity contribution is -0.240. The van der Waals surface area contributed by atoms with E-state index in [2.05, 4.69) is 32.9 Å². The van der Waals surface area contributed by atoms with Crippen molar-refractivity contribution < 1.29 is 40.2 Å². The number of esters is 1. The Morgan fingerprint density at radius 1 is 1.00 bits per heavy atom. The fraction of sp³-hybridized carbons (Fsp3) is 0.810. The number of hydrogen-bond donors (Lipinski definition) is 2. The van der Waals surface area contributed by atoms with Crippen molar-refractivity contribution in [2.45, 2.75) is 149 Å². The predicted molar refractivity (Wildman–Crippen MR) is 194 cm³/mol. The second-order valence-electron chi connectivity index (χ2n) is 18.6. The van der Waals surface area contributed by atoms with Gasteiger partial charge in [0.15, 0.2) is 6.10 Å². The van der Waals surface area contributed by atoms with Crippen LogP contribution in [0.2, 0.25) is 0 Å². The highest BCUT2D eigenvalue weighted by Crippen LogP contribution is 2.87. The van der Waals surface area contributed by atoms with Crippen LogP contribution in [0.4, 0.5) is 0 Å². The van der Waals surface area contributed by atoms with Crippen molar-refractivity contribution in [3.05, 3.63) is 35.9 Å². The number of aliphatic hydroxyl groups excluding tert-OH is 1. The van der Waals surface area contributed by atoms with Crippen LogP contribution in [0.25, 0.3) is 0 Å². The van der Waals surface area contributed by atoms with Crippen LogP contribution in [0.15, 0.2) is 30.3 Å². The van der Waals surface area contributed by atoms with E-state index >= 15 is 0 Å². The fourth-order valence-corrected chi connectivity index (χ4v) is 13.4. The van der Waals surface area contributed by atoms with Gasteiger partial charge in [-0.2, -0.15) is 0 Å². The minimum absolute atomic E-state index is 0. The fourth-order valence-electron chi connectivity index (χ4n) is 13.4. The highest BCUT2D eigenvalue weighted by Gasteiger charge is 2.80. The summed E-state index contributed by atoms with van der Waals surface area (Å²) in [6.07, 6.45) is 9.94. The number of morpholine rings is 1. The van der Waals surface area contributed by atoms with E-state index in [-0.39, 0.29) is 42.4 Å². The highest BCUT2D eigenvalue weighted by molar-refractivity contribution is 5.80. The molecule has 2 spiro atoms. The predicted octanol–water partition coefficient (Wildman–Crippen LogP) is 6.52. The van der Waals surface area contributed by atoms with Gasteiger partial charge in [0.2, 0.25) is 6.29 Å². The lowest BCUT2D eigenvalue weighted by atomic mass is 9.46. The summed E-state index contributed by atoms with van der Waals surface area (Å²) in [6.45, 7) is 13.9. The molecule has 286 valence electrons. The summed E-state index contributed by atoms with van der Waals surface area (Å²) in [5.74, 6) is 2.06. The Balaban J connectivity index is 0.00000152. The summed E-state index contributed by atoms with van der Waals surface area (Å²) in [6, 6.07) is 10.2. The van der Waals surface area contributed by atoms with Gasteiger partial charge >= 0.3 is 5.97 Å². The van der Waals surface area contributed by atoms with Gasteiger partial charge in [0.25, 0.3) is 5.91 Å². The second-order valence-corrected chi connectivity index (χ2v) is 18.6. The number of carbonyl (C=O) groups is 2. The molecule has 7 fully saturated rings. The lowest BCUT2D eigenvalue weighted by Crippen LogP contribution is -2.57. The Bertz CT molecular complexity index is 1450. The lowest BCUT2D eigenvalue weighted by Gasteiger charge is -2.60. The molecule has 9 heteroatoms. The molecular weight excluding hydrogens is 646 g/mol. The van der Waals surface area contributed by atoms with Crippen molar-refractivity contribution >= 4 is 11.9 Å². The summed E-state index contributed by atoms with van der Waals surface area (Å²) in [7, 11) is 1.00. The maximum Gasteiger partial charge on any atom is 0.303 e. The van der Waals surface area contributed by atoms with E-state index in [1.807, 2.05) is 23.1 Å². The molecule has 2 saturated heterocycles. The Hall–Kier alpha value is -2.04. The Labute approximate surface area is 306 Å². The number of carbonyl (C=O) groups excluding carboxylic acids is 2. The van der Waals surface area contributed by atoms with Gasteiger partial charge < -0.3 is 34.1 Å². The summed E-state index contributed by atoms with van der Waals surface area (Å²) in [5, 5.41) is 17.9.